The van der Waals surface area contributed by atoms with Gasteiger partial charge in [-0.05, 0) is 63.7 Å². The fourth-order valence-electron chi connectivity index (χ4n) is 4.27. The first-order valence-corrected chi connectivity index (χ1v) is 9.14. The molecule has 3 aliphatic rings. The smallest absolute Gasteiger partial charge is 0.410 e. The second-order valence-electron chi connectivity index (χ2n) is 9.04. The van der Waals surface area contributed by atoms with Crippen molar-refractivity contribution in [1.82, 2.24) is 10.2 Å². The van der Waals surface area contributed by atoms with Gasteiger partial charge in [-0.1, -0.05) is 19.1 Å². The van der Waals surface area contributed by atoms with Crippen LogP contribution >= 0.6 is 0 Å². The lowest BCUT2D eigenvalue weighted by molar-refractivity contribution is 0.00522. The summed E-state index contributed by atoms with van der Waals surface area (Å²) < 4.78 is 5.54. The van der Waals surface area contributed by atoms with Gasteiger partial charge in [-0.2, -0.15) is 0 Å². The molecule has 1 heterocycles. The summed E-state index contributed by atoms with van der Waals surface area (Å²) in [6.07, 6.45) is 9.39. The molecule has 3 rings (SSSR count). The summed E-state index contributed by atoms with van der Waals surface area (Å²) >= 11 is 0. The number of carbonyl (C=O) groups is 1. The quantitative estimate of drug-likeness (QED) is 0.808. The molecular weight excluding hydrogens is 288 g/mol. The molecule has 130 valence electrons. The number of hydrogen-bond acceptors (Lipinski definition) is 3. The van der Waals surface area contributed by atoms with Gasteiger partial charge in [0.15, 0.2) is 0 Å². The number of ether oxygens (including phenoxy) is 1. The van der Waals surface area contributed by atoms with Crippen molar-refractivity contribution in [3.63, 3.8) is 0 Å². The SMILES string of the molecule is CC1(CNC2CC3CC=CC32)CCCN(C(=O)OC(C)(C)C)C1. The van der Waals surface area contributed by atoms with Gasteiger partial charge in [-0.3, -0.25) is 0 Å². The lowest BCUT2D eigenvalue weighted by atomic mass is 9.70. The van der Waals surface area contributed by atoms with Gasteiger partial charge in [0, 0.05) is 25.7 Å². The van der Waals surface area contributed by atoms with Crippen LogP contribution in [0.15, 0.2) is 12.2 Å². The van der Waals surface area contributed by atoms with E-state index in [0.717, 1.165) is 37.9 Å². The highest BCUT2D eigenvalue weighted by molar-refractivity contribution is 5.68. The molecule has 0 aromatic carbocycles. The number of nitrogens with one attached hydrogen (secondary N) is 1. The number of allylic oxidation sites excluding steroid dienone is 1. The van der Waals surface area contributed by atoms with Gasteiger partial charge < -0.3 is 15.0 Å². The number of nitrogens with zero attached hydrogens (tertiary/aromatic N) is 1. The fraction of sp³-hybridized carbons (Fsp3) is 0.842. The molecule has 4 unspecified atom stereocenters. The van der Waals surface area contributed by atoms with E-state index in [1.807, 2.05) is 25.7 Å². The molecule has 1 saturated carbocycles. The Morgan fingerprint density at radius 3 is 2.91 bits per heavy atom. The minimum absolute atomic E-state index is 0.155. The first kappa shape index (κ1) is 16.8. The lowest BCUT2D eigenvalue weighted by Gasteiger charge is -2.45. The fourth-order valence-corrected chi connectivity index (χ4v) is 4.27. The maximum absolute atomic E-state index is 12.3. The van der Waals surface area contributed by atoms with E-state index in [2.05, 4.69) is 24.4 Å². The van der Waals surface area contributed by atoms with Gasteiger partial charge in [0.2, 0.25) is 0 Å². The molecule has 0 radical (unpaired) electrons. The van der Waals surface area contributed by atoms with E-state index in [1.165, 1.54) is 19.3 Å². The number of piperidine rings is 1. The zero-order valence-electron chi connectivity index (χ0n) is 15.1. The van der Waals surface area contributed by atoms with Crippen molar-refractivity contribution in [2.45, 2.75) is 65.0 Å². The Kier molecular flexibility index (Phi) is 4.47. The molecule has 0 spiro atoms. The largest absolute Gasteiger partial charge is 0.444 e. The van der Waals surface area contributed by atoms with Crippen LogP contribution in [0.4, 0.5) is 4.79 Å². The Balaban J connectivity index is 1.50. The summed E-state index contributed by atoms with van der Waals surface area (Å²) in [7, 11) is 0. The molecule has 4 heteroatoms. The summed E-state index contributed by atoms with van der Waals surface area (Å²) in [5.74, 6) is 1.65. The maximum Gasteiger partial charge on any atom is 0.410 e. The normalized spacial score (nSPS) is 36.5. The molecular formula is C19H32N2O2. The van der Waals surface area contributed by atoms with Gasteiger partial charge in [0.25, 0.3) is 0 Å². The summed E-state index contributed by atoms with van der Waals surface area (Å²) in [4.78, 5) is 14.2. The predicted octanol–water partition coefficient (Wildman–Crippen LogP) is 3.58. The van der Waals surface area contributed by atoms with Crippen molar-refractivity contribution in [2.75, 3.05) is 19.6 Å². The van der Waals surface area contributed by atoms with Crippen LogP contribution in [0, 0.1) is 17.3 Å². The van der Waals surface area contributed by atoms with E-state index in [4.69, 9.17) is 4.74 Å². The molecule has 1 saturated heterocycles. The molecule has 0 bridgehead atoms. The maximum atomic E-state index is 12.3. The average molecular weight is 320 g/mol. The molecule has 1 amide bonds. The number of fused-ring (bicyclic) bond motifs is 1. The topological polar surface area (TPSA) is 41.6 Å². The Labute approximate surface area is 140 Å². The van der Waals surface area contributed by atoms with Crippen LogP contribution in [-0.4, -0.2) is 42.3 Å². The van der Waals surface area contributed by atoms with Gasteiger partial charge in [-0.25, -0.2) is 4.79 Å². The summed E-state index contributed by atoms with van der Waals surface area (Å²) in [5.41, 5.74) is -0.262. The Hall–Kier alpha value is -1.03. The summed E-state index contributed by atoms with van der Waals surface area (Å²) in [5, 5.41) is 3.78. The van der Waals surface area contributed by atoms with Crippen molar-refractivity contribution in [2.24, 2.45) is 17.3 Å². The van der Waals surface area contributed by atoms with Crippen LogP contribution in [0.1, 0.15) is 53.4 Å². The van der Waals surface area contributed by atoms with Crippen molar-refractivity contribution < 1.29 is 9.53 Å². The van der Waals surface area contributed by atoms with Crippen LogP contribution in [0.5, 0.6) is 0 Å². The zero-order valence-corrected chi connectivity index (χ0v) is 15.1. The third-order valence-corrected chi connectivity index (χ3v) is 5.59. The van der Waals surface area contributed by atoms with E-state index in [9.17, 15) is 4.79 Å². The van der Waals surface area contributed by atoms with E-state index < -0.39 is 5.60 Å². The molecule has 1 N–H and O–H groups in total. The number of hydrogen-bond donors (Lipinski definition) is 1. The van der Waals surface area contributed by atoms with Crippen LogP contribution in [0.25, 0.3) is 0 Å². The highest BCUT2D eigenvalue weighted by Gasteiger charge is 2.42. The van der Waals surface area contributed by atoms with Crippen molar-refractivity contribution in [1.29, 1.82) is 0 Å². The van der Waals surface area contributed by atoms with Crippen molar-refractivity contribution >= 4 is 6.09 Å². The number of carbonyl (C=O) groups excluding carboxylic acids is 1. The minimum atomic E-state index is -0.418. The molecule has 2 aliphatic carbocycles. The van der Waals surface area contributed by atoms with Gasteiger partial charge in [0.05, 0.1) is 0 Å². The Morgan fingerprint density at radius 1 is 1.43 bits per heavy atom. The summed E-state index contributed by atoms with van der Waals surface area (Å²) in [6.45, 7) is 10.7. The molecule has 23 heavy (non-hydrogen) atoms. The first-order valence-electron chi connectivity index (χ1n) is 9.14. The molecule has 1 aliphatic heterocycles. The number of amides is 1. The van der Waals surface area contributed by atoms with E-state index in [-0.39, 0.29) is 11.5 Å². The molecule has 0 aromatic heterocycles. The standard InChI is InChI=1S/C19H32N2O2/c1-18(2,3)23-17(22)21-10-6-9-19(4,13-21)12-20-16-11-14-7-5-8-15(14)16/h5,8,14-16,20H,6-7,9-13H2,1-4H3. The van der Waals surface area contributed by atoms with E-state index in [0.29, 0.717) is 6.04 Å². The van der Waals surface area contributed by atoms with Crippen molar-refractivity contribution in [3.05, 3.63) is 12.2 Å². The molecule has 2 fully saturated rings. The third-order valence-electron chi connectivity index (χ3n) is 5.59. The Bertz CT molecular complexity index is 482. The average Bonchev–Trinajstić information content (AvgIpc) is 2.78. The summed E-state index contributed by atoms with van der Waals surface area (Å²) in [6, 6.07) is 0.646. The van der Waals surface area contributed by atoms with Gasteiger partial charge in [0.1, 0.15) is 5.60 Å². The first-order chi connectivity index (χ1) is 10.8. The van der Waals surface area contributed by atoms with Crippen molar-refractivity contribution in [3.8, 4) is 0 Å². The monoisotopic (exact) mass is 320 g/mol. The Morgan fingerprint density at radius 2 is 2.22 bits per heavy atom. The van der Waals surface area contributed by atoms with Crippen LogP contribution in [0.3, 0.4) is 0 Å². The van der Waals surface area contributed by atoms with E-state index >= 15 is 0 Å². The predicted molar refractivity (Wildman–Crippen MR) is 92.3 cm³/mol. The number of rotatable bonds is 3. The molecule has 4 nitrogen and oxygen atoms in total. The minimum Gasteiger partial charge on any atom is -0.444 e. The van der Waals surface area contributed by atoms with Crippen LogP contribution in [0.2, 0.25) is 0 Å². The third kappa shape index (κ3) is 3.90. The molecule has 0 aromatic rings. The second kappa shape index (κ2) is 6.12. The zero-order chi connectivity index (χ0) is 16.7. The van der Waals surface area contributed by atoms with Gasteiger partial charge in [-0.15, -0.1) is 0 Å². The van der Waals surface area contributed by atoms with Gasteiger partial charge >= 0.3 is 6.09 Å². The molecule has 4 atom stereocenters. The van der Waals surface area contributed by atoms with Crippen LogP contribution in [-0.2, 0) is 4.74 Å². The van der Waals surface area contributed by atoms with Crippen LogP contribution < -0.4 is 5.32 Å². The second-order valence-corrected chi connectivity index (χ2v) is 9.04. The lowest BCUT2D eigenvalue weighted by Crippen LogP contribution is -2.54. The van der Waals surface area contributed by atoms with E-state index in [1.54, 1.807) is 0 Å². The highest BCUT2D eigenvalue weighted by atomic mass is 16.6. The highest BCUT2D eigenvalue weighted by Crippen LogP contribution is 2.43. The number of likely N-dealkylation sites (tertiary alicyclic amines) is 1.